The van der Waals surface area contributed by atoms with E-state index in [1.807, 2.05) is 30.3 Å². The van der Waals surface area contributed by atoms with Gasteiger partial charge in [-0.05, 0) is 76.6 Å². The SMILES string of the molecule is C=CCCCCOC(=O)[C@@H]1[C@@H]2CCC3(S2)C(C(=O)N(CC=C)c2ccc(N(CC)CC)cc2)N(CCCO)C(=O)[C@H]13. The number of nitrogens with zero attached hydrogens (tertiary/aromatic N) is 3. The largest absolute Gasteiger partial charge is 0.465 e. The van der Waals surface area contributed by atoms with E-state index in [1.165, 1.54) is 0 Å². The molecule has 0 aliphatic carbocycles. The molecule has 3 aliphatic rings. The zero-order valence-electron chi connectivity index (χ0n) is 24.5. The minimum absolute atomic E-state index is 0.0406. The number of allylic oxidation sites excluding steroid dienone is 1. The van der Waals surface area contributed by atoms with Crippen molar-refractivity contribution >= 4 is 40.9 Å². The van der Waals surface area contributed by atoms with Crippen LogP contribution in [-0.4, -0.2) is 83.2 Å². The maximum Gasteiger partial charge on any atom is 0.310 e. The molecule has 1 spiro atoms. The standard InChI is InChI=1S/C32H45N3O5S/c1-5-9-10-11-22-40-31(39)26-25-17-18-32(41-25)27(26)29(37)35(20-12-21-36)28(32)30(38)34(19-6-2)24-15-13-23(14-16-24)33(7-3)8-4/h5-6,13-16,25-28,36H,1-2,7-12,17-22H2,3-4H3/t25-,26+,27-,28?,32?/m0/s1. The van der Waals surface area contributed by atoms with Crippen molar-refractivity contribution in [3.05, 3.63) is 49.6 Å². The normalized spacial score (nSPS) is 26.1. The van der Waals surface area contributed by atoms with E-state index in [4.69, 9.17) is 4.74 Å². The summed E-state index contributed by atoms with van der Waals surface area (Å²) < 4.78 is 4.99. The summed E-state index contributed by atoms with van der Waals surface area (Å²) in [6.07, 6.45) is 7.89. The smallest absolute Gasteiger partial charge is 0.310 e. The molecule has 3 saturated heterocycles. The second kappa shape index (κ2) is 13.9. The van der Waals surface area contributed by atoms with Gasteiger partial charge in [-0.15, -0.1) is 24.9 Å². The number of hydrogen-bond acceptors (Lipinski definition) is 7. The van der Waals surface area contributed by atoms with Crippen molar-refractivity contribution in [1.82, 2.24) is 4.90 Å². The van der Waals surface area contributed by atoms with Gasteiger partial charge in [0.15, 0.2) is 0 Å². The lowest BCUT2D eigenvalue weighted by Crippen LogP contribution is -2.55. The molecular weight excluding hydrogens is 538 g/mol. The average Bonchev–Trinajstić information content (AvgIpc) is 3.62. The van der Waals surface area contributed by atoms with E-state index in [1.54, 1.807) is 27.6 Å². The fourth-order valence-corrected chi connectivity index (χ4v) is 9.07. The van der Waals surface area contributed by atoms with E-state index in [-0.39, 0.29) is 36.2 Å². The summed E-state index contributed by atoms with van der Waals surface area (Å²) in [5, 5.41) is 9.58. The van der Waals surface area contributed by atoms with Crippen LogP contribution in [-0.2, 0) is 19.1 Å². The molecule has 9 heteroatoms. The number of ether oxygens (including phenoxy) is 1. The Morgan fingerprint density at radius 2 is 1.83 bits per heavy atom. The molecule has 5 atom stereocenters. The lowest BCUT2D eigenvalue weighted by molar-refractivity contribution is -0.154. The maximum absolute atomic E-state index is 14.5. The number of thioether (sulfide) groups is 1. The molecule has 1 aromatic carbocycles. The van der Waals surface area contributed by atoms with Crippen LogP contribution in [0.3, 0.4) is 0 Å². The first-order valence-electron chi connectivity index (χ1n) is 15.0. The fraction of sp³-hybridized carbons (Fsp3) is 0.594. The number of unbranched alkanes of at least 4 members (excludes halogenated alkanes) is 2. The van der Waals surface area contributed by atoms with E-state index < -0.39 is 22.6 Å². The summed E-state index contributed by atoms with van der Waals surface area (Å²) in [5.74, 6) is -1.82. The van der Waals surface area contributed by atoms with Gasteiger partial charge in [0, 0.05) is 49.4 Å². The first-order valence-corrected chi connectivity index (χ1v) is 15.9. The highest BCUT2D eigenvalue weighted by molar-refractivity contribution is 8.02. The molecule has 41 heavy (non-hydrogen) atoms. The van der Waals surface area contributed by atoms with Crippen molar-refractivity contribution in [3.8, 4) is 0 Å². The molecule has 2 unspecified atom stereocenters. The fourth-order valence-electron chi connectivity index (χ4n) is 6.87. The highest BCUT2D eigenvalue weighted by atomic mass is 32.2. The zero-order chi connectivity index (χ0) is 29.6. The van der Waals surface area contributed by atoms with E-state index in [9.17, 15) is 19.5 Å². The molecule has 3 aliphatic heterocycles. The monoisotopic (exact) mass is 583 g/mol. The number of carbonyl (C=O) groups is 3. The molecule has 3 heterocycles. The minimum atomic E-state index is -0.727. The Hall–Kier alpha value is -2.78. The Labute approximate surface area is 248 Å². The molecule has 0 radical (unpaired) electrons. The van der Waals surface area contributed by atoms with Crippen LogP contribution in [0.2, 0.25) is 0 Å². The van der Waals surface area contributed by atoms with Crippen LogP contribution in [0.4, 0.5) is 11.4 Å². The Kier molecular flexibility index (Phi) is 10.6. The van der Waals surface area contributed by atoms with Crippen LogP contribution in [0.25, 0.3) is 0 Å². The lowest BCUT2D eigenvalue weighted by atomic mass is 9.71. The number of esters is 1. The molecular formula is C32H45N3O5S. The molecule has 0 aromatic heterocycles. The molecule has 0 saturated carbocycles. The molecule has 8 nitrogen and oxygen atoms in total. The third-order valence-corrected chi connectivity index (χ3v) is 10.7. The zero-order valence-corrected chi connectivity index (χ0v) is 25.3. The van der Waals surface area contributed by atoms with Crippen LogP contribution in [0.15, 0.2) is 49.6 Å². The Balaban J connectivity index is 1.63. The molecule has 3 fully saturated rings. The highest BCUT2D eigenvalue weighted by Crippen LogP contribution is 2.66. The van der Waals surface area contributed by atoms with Gasteiger partial charge in [-0.3, -0.25) is 14.4 Å². The molecule has 224 valence electrons. The molecule has 4 rings (SSSR count). The van der Waals surface area contributed by atoms with Gasteiger partial charge in [-0.25, -0.2) is 0 Å². The third-order valence-electron chi connectivity index (χ3n) is 8.78. The van der Waals surface area contributed by atoms with Gasteiger partial charge in [0.25, 0.3) is 5.91 Å². The number of fused-ring (bicyclic) bond motifs is 1. The predicted octanol–water partition coefficient (Wildman–Crippen LogP) is 4.42. The number of likely N-dealkylation sites (tertiary alicyclic amines) is 1. The first kappa shape index (κ1) is 31.2. The van der Waals surface area contributed by atoms with Crippen LogP contribution in [0, 0.1) is 11.8 Å². The van der Waals surface area contributed by atoms with Crippen molar-refractivity contribution < 1.29 is 24.2 Å². The summed E-state index contributed by atoms with van der Waals surface area (Å²) in [7, 11) is 0. The number of carbonyl (C=O) groups excluding carboxylic acids is 3. The molecule has 2 amide bonds. The van der Waals surface area contributed by atoms with Crippen molar-refractivity contribution in [1.29, 1.82) is 0 Å². The van der Waals surface area contributed by atoms with Gasteiger partial charge >= 0.3 is 5.97 Å². The Bertz CT molecular complexity index is 1110. The van der Waals surface area contributed by atoms with Gasteiger partial charge in [0.2, 0.25) is 5.91 Å². The second-order valence-corrected chi connectivity index (χ2v) is 12.6. The number of aliphatic hydroxyl groups is 1. The van der Waals surface area contributed by atoms with Crippen molar-refractivity contribution in [3.63, 3.8) is 0 Å². The van der Waals surface area contributed by atoms with E-state index >= 15 is 0 Å². The quantitative estimate of drug-likeness (QED) is 0.175. The average molecular weight is 584 g/mol. The van der Waals surface area contributed by atoms with Crippen LogP contribution < -0.4 is 9.80 Å². The van der Waals surface area contributed by atoms with Crippen LogP contribution in [0.1, 0.15) is 52.4 Å². The number of hydrogen-bond donors (Lipinski definition) is 1. The van der Waals surface area contributed by atoms with Crippen molar-refractivity contribution in [2.24, 2.45) is 11.8 Å². The first-order chi connectivity index (χ1) is 19.9. The Morgan fingerprint density at radius 3 is 2.46 bits per heavy atom. The van der Waals surface area contributed by atoms with Crippen molar-refractivity contribution in [2.45, 2.75) is 68.4 Å². The molecule has 1 aromatic rings. The number of amides is 2. The summed E-state index contributed by atoms with van der Waals surface area (Å²) in [6.45, 7) is 14.4. The van der Waals surface area contributed by atoms with Crippen LogP contribution >= 0.6 is 11.8 Å². The van der Waals surface area contributed by atoms with E-state index in [0.717, 1.165) is 50.1 Å². The predicted molar refractivity (Wildman–Crippen MR) is 165 cm³/mol. The number of rotatable bonds is 16. The van der Waals surface area contributed by atoms with Gasteiger partial charge < -0.3 is 24.5 Å². The minimum Gasteiger partial charge on any atom is -0.465 e. The topological polar surface area (TPSA) is 90.4 Å². The van der Waals surface area contributed by atoms with Gasteiger partial charge in [0.05, 0.1) is 23.2 Å². The number of aliphatic hydroxyl groups excluding tert-OH is 1. The lowest BCUT2D eigenvalue weighted by Gasteiger charge is -2.37. The Morgan fingerprint density at radius 1 is 1.12 bits per heavy atom. The summed E-state index contributed by atoms with van der Waals surface area (Å²) in [4.78, 5) is 47.5. The summed E-state index contributed by atoms with van der Waals surface area (Å²) >= 11 is 1.63. The van der Waals surface area contributed by atoms with Gasteiger partial charge in [0.1, 0.15) is 6.04 Å². The maximum atomic E-state index is 14.5. The summed E-state index contributed by atoms with van der Waals surface area (Å²) in [5.41, 5.74) is 1.83. The second-order valence-electron chi connectivity index (χ2n) is 11.0. The third kappa shape index (κ3) is 5.93. The summed E-state index contributed by atoms with van der Waals surface area (Å²) in [6, 6.07) is 7.21. The number of anilines is 2. The van der Waals surface area contributed by atoms with E-state index in [2.05, 4.69) is 31.9 Å². The highest BCUT2D eigenvalue weighted by Gasteiger charge is 2.74. The molecule has 1 N–H and O–H groups in total. The van der Waals surface area contributed by atoms with E-state index in [0.29, 0.717) is 26.0 Å². The van der Waals surface area contributed by atoms with Crippen molar-refractivity contribution in [2.75, 3.05) is 49.2 Å². The number of benzene rings is 1. The van der Waals surface area contributed by atoms with Crippen LogP contribution in [0.5, 0.6) is 0 Å². The molecule has 2 bridgehead atoms. The van der Waals surface area contributed by atoms with Gasteiger partial charge in [-0.1, -0.05) is 12.2 Å². The van der Waals surface area contributed by atoms with Gasteiger partial charge in [-0.2, -0.15) is 0 Å².